The molecule has 0 N–H and O–H groups in total. The molecule has 0 saturated carbocycles. The van der Waals surface area contributed by atoms with Crippen molar-refractivity contribution in [3.8, 4) is 0 Å². The Morgan fingerprint density at radius 3 is 2.55 bits per heavy atom. The van der Waals surface area contributed by atoms with Crippen LogP contribution in [0.5, 0.6) is 0 Å². The standard InChI is InChI=1S/C19H18N2O/c1-3-21-18(13-12-15-9-5-4-8-14(15)2)20-17-11-7-6-10-16(17)19(21)22/h4-13H,3H2,1-2H3/b13-12+. The van der Waals surface area contributed by atoms with Gasteiger partial charge in [-0.05, 0) is 43.2 Å². The Bertz CT molecular complexity index is 907. The lowest BCUT2D eigenvalue weighted by Crippen LogP contribution is -2.22. The van der Waals surface area contributed by atoms with E-state index < -0.39 is 0 Å². The number of rotatable bonds is 3. The number of hydrogen-bond donors (Lipinski definition) is 0. The monoisotopic (exact) mass is 290 g/mol. The summed E-state index contributed by atoms with van der Waals surface area (Å²) in [4.78, 5) is 17.2. The maximum atomic E-state index is 12.5. The number of benzene rings is 2. The number of fused-ring (bicyclic) bond motifs is 1. The van der Waals surface area contributed by atoms with Crippen molar-refractivity contribution in [3.63, 3.8) is 0 Å². The summed E-state index contributed by atoms with van der Waals surface area (Å²) in [6.45, 7) is 4.63. The fourth-order valence-electron chi connectivity index (χ4n) is 2.56. The first kappa shape index (κ1) is 14.3. The Balaban J connectivity index is 2.14. The molecule has 3 nitrogen and oxygen atoms in total. The lowest BCUT2D eigenvalue weighted by molar-refractivity contribution is 0.708. The molecule has 0 aliphatic carbocycles. The molecule has 1 aromatic heterocycles. The van der Waals surface area contributed by atoms with Gasteiger partial charge in [-0.15, -0.1) is 0 Å². The minimum atomic E-state index is 0.0116. The van der Waals surface area contributed by atoms with Crippen LogP contribution >= 0.6 is 0 Å². The Labute approximate surface area is 129 Å². The van der Waals surface area contributed by atoms with Gasteiger partial charge >= 0.3 is 0 Å². The molecule has 0 saturated heterocycles. The van der Waals surface area contributed by atoms with Gasteiger partial charge in [0.15, 0.2) is 0 Å². The molecule has 3 heteroatoms. The normalized spacial score (nSPS) is 11.4. The van der Waals surface area contributed by atoms with Gasteiger partial charge in [-0.25, -0.2) is 4.98 Å². The molecule has 0 unspecified atom stereocenters. The SMILES string of the molecule is CCn1c(/C=C/c2ccccc2C)nc2ccccc2c1=O. The summed E-state index contributed by atoms with van der Waals surface area (Å²) in [6.07, 6.45) is 3.93. The van der Waals surface area contributed by atoms with Crippen LogP contribution in [0.15, 0.2) is 53.3 Å². The van der Waals surface area contributed by atoms with Gasteiger partial charge in [0.25, 0.3) is 5.56 Å². The topological polar surface area (TPSA) is 34.9 Å². The van der Waals surface area contributed by atoms with Crippen LogP contribution in [0.4, 0.5) is 0 Å². The summed E-state index contributed by atoms with van der Waals surface area (Å²) < 4.78 is 1.71. The molecule has 0 fully saturated rings. The van der Waals surface area contributed by atoms with E-state index >= 15 is 0 Å². The molecule has 0 amide bonds. The van der Waals surface area contributed by atoms with Crippen molar-refractivity contribution in [1.29, 1.82) is 0 Å². The van der Waals surface area contributed by atoms with Crippen LogP contribution in [0.2, 0.25) is 0 Å². The van der Waals surface area contributed by atoms with Crippen LogP contribution in [0.1, 0.15) is 23.9 Å². The number of nitrogens with zero attached hydrogens (tertiary/aromatic N) is 2. The van der Waals surface area contributed by atoms with Gasteiger partial charge < -0.3 is 0 Å². The quantitative estimate of drug-likeness (QED) is 0.733. The summed E-state index contributed by atoms with van der Waals surface area (Å²) in [5.41, 5.74) is 3.08. The van der Waals surface area contributed by atoms with Crippen LogP contribution < -0.4 is 5.56 Å². The van der Waals surface area contributed by atoms with Gasteiger partial charge in [0.1, 0.15) is 5.82 Å². The number of aromatic nitrogens is 2. The van der Waals surface area contributed by atoms with Gasteiger partial charge in [0.2, 0.25) is 0 Å². The maximum Gasteiger partial charge on any atom is 0.261 e. The van der Waals surface area contributed by atoms with E-state index in [1.54, 1.807) is 4.57 Å². The lowest BCUT2D eigenvalue weighted by atomic mass is 10.1. The van der Waals surface area contributed by atoms with Crippen molar-refractivity contribution in [3.05, 3.63) is 75.8 Å². The largest absolute Gasteiger partial charge is 0.293 e. The fourth-order valence-corrected chi connectivity index (χ4v) is 2.56. The van der Waals surface area contributed by atoms with Crippen molar-refractivity contribution in [2.75, 3.05) is 0 Å². The smallest absolute Gasteiger partial charge is 0.261 e. The van der Waals surface area contributed by atoms with Crippen LogP contribution in [-0.4, -0.2) is 9.55 Å². The highest BCUT2D eigenvalue weighted by Crippen LogP contribution is 2.13. The second-order valence-electron chi connectivity index (χ2n) is 5.23. The van der Waals surface area contributed by atoms with Gasteiger partial charge in [-0.2, -0.15) is 0 Å². The second kappa shape index (κ2) is 5.98. The molecule has 0 aliphatic rings. The van der Waals surface area contributed by atoms with Crippen molar-refractivity contribution in [1.82, 2.24) is 9.55 Å². The van der Waals surface area contributed by atoms with E-state index in [0.29, 0.717) is 17.8 Å². The maximum absolute atomic E-state index is 12.5. The third-order valence-corrected chi connectivity index (χ3v) is 3.81. The average molecular weight is 290 g/mol. The number of hydrogen-bond acceptors (Lipinski definition) is 2. The van der Waals surface area contributed by atoms with E-state index in [-0.39, 0.29) is 5.56 Å². The molecule has 1 heterocycles. The molecule has 3 rings (SSSR count). The Morgan fingerprint density at radius 1 is 1.05 bits per heavy atom. The van der Waals surface area contributed by atoms with Crippen molar-refractivity contribution >= 4 is 23.1 Å². The van der Waals surface area contributed by atoms with Gasteiger partial charge in [0, 0.05) is 6.54 Å². The van der Waals surface area contributed by atoms with E-state index in [1.165, 1.54) is 5.56 Å². The number of para-hydroxylation sites is 1. The lowest BCUT2D eigenvalue weighted by Gasteiger charge is -2.08. The summed E-state index contributed by atoms with van der Waals surface area (Å²) in [6, 6.07) is 15.6. The zero-order valence-electron chi connectivity index (χ0n) is 12.8. The predicted octanol–water partition coefficient (Wildman–Crippen LogP) is 3.90. The minimum absolute atomic E-state index is 0.0116. The Hall–Kier alpha value is -2.68. The zero-order chi connectivity index (χ0) is 15.5. The summed E-state index contributed by atoms with van der Waals surface area (Å²) in [5.74, 6) is 0.689. The van der Waals surface area contributed by atoms with E-state index in [0.717, 1.165) is 11.1 Å². The third-order valence-electron chi connectivity index (χ3n) is 3.81. The highest BCUT2D eigenvalue weighted by atomic mass is 16.1. The third kappa shape index (κ3) is 2.58. The molecule has 0 bridgehead atoms. The summed E-state index contributed by atoms with van der Waals surface area (Å²) in [7, 11) is 0. The Kier molecular flexibility index (Phi) is 3.88. The predicted molar refractivity (Wildman–Crippen MR) is 91.8 cm³/mol. The van der Waals surface area contributed by atoms with Crippen LogP contribution in [-0.2, 0) is 6.54 Å². The molecule has 2 aromatic carbocycles. The molecule has 0 radical (unpaired) electrons. The van der Waals surface area contributed by atoms with Gasteiger partial charge in [0.05, 0.1) is 10.9 Å². The zero-order valence-corrected chi connectivity index (χ0v) is 12.8. The second-order valence-corrected chi connectivity index (χ2v) is 5.23. The summed E-state index contributed by atoms with van der Waals surface area (Å²) in [5, 5.41) is 0.664. The molecule has 22 heavy (non-hydrogen) atoms. The highest BCUT2D eigenvalue weighted by Gasteiger charge is 2.07. The van der Waals surface area contributed by atoms with E-state index in [1.807, 2.05) is 55.5 Å². The summed E-state index contributed by atoms with van der Waals surface area (Å²) >= 11 is 0. The van der Waals surface area contributed by atoms with Gasteiger partial charge in [-0.1, -0.05) is 42.5 Å². The van der Waals surface area contributed by atoms with E-state index in [4.69, 9.17) is 0 Å². The van der Waals surface area contributed by atoms with Crippen LogP contribution in [0.3, 0.4) is 0 Å². The Morgan fingerprint density at radius 2 is 1.77 bits per heavy atom. The van der Waals surface area contributed by atoms with Crippen molar-refractivity contribution < 1.29 is 0 Å². The first-order chi connectivity index (χ1) is 10.7. The molecule has 0 atom stereocenters. The molecular weight excluding hydrogens is 272 g/mol. The van der Waals surface area contributed by atoms with Gasteiger partial charge in [-0.3, -0.25) is 9.36 Å². The first-order valence-electron chi connectivity index (χ1n) is 7.44. The van der Waals surface area contributed by atoms with Crippen LogP contribution in [0.25, 0.3) is 23.1 Å². The van der Waals surface area contributed by atoms with Crippen molar-refractivity contribution in [2.45, 2.75) is 20.4 Å². The van der Waals surface area contributed by atoms with Crippen LogP contribution in [0, 0.1) is 6.92 Å². The van der Waals surface area contributed by atoms with E-state index in [2.05, 4.69) is 24.0 Å². The fraction of sp³-hybridized carbons (Fsp3) is 0.158. The molecule has 3 aromatic rings. The average Bonchev–Trinajstić information content (AvgIpc) is 2.54. The van der Waals surface area contributed by atoms with Crippen molar-refractivity contribution in [2.24, 2.45) is 0 Å². The first-order valence-corrected chi connectivity index (χ1v) is 7.44. The molecule has 0 aliphatic heterocycles. The molecule has 0 spiro atoms. The molecular formula is C19H18N2O. The van der Waals surface area contributed by atoms with E-state index in [9.17, 15) is 4.79 Å². The minimum Gasteiger partial charge on any atom is -0.293 e. The molecule has 110 valence electrons. The highest BCUT2D eigenvalue weighted by molar-refractivity contribution is 5.79. The number of aryl methyl sites for hydroxylation is 1.